The van der Waals surface area contributed by atoms with Crippen molar-refractivity contribution in [3.05, 3.63) is 33.6 Å². The maximum Gasteiger partial charge on any atom is 0.451 e. The molecule has 0 aliphatic rings. The van der Waals surface area contributed by atoms with Crippen molar-refractivity contribution in [1.82, 2.24) is 19.7 Å². The minimum atomic E-state index is -4.94. The Balaban J connectivity index is 2.39. The Labute approximate surface area is 182 Å². The summed E-state index contributed by atoms with van der Waals surface area (Å²) in [5, 5.41) is 13.2. The first-order valence-corrected chi connectivity index (χ1v) is 9.70. The van der Waals surface area contributed by atoms with Crippen molar-refractivity contribution < 1.29 is 36.2 Å². The molecule has 166 valence electrons. The second-order valence-electron chi connectivity index (χ2n) is 5.73. The van der Waals surface area contributed by atoms with Crippen molar-refractivity contribution in [1.29, 1.82) is 0 Å². The summed E-state index contributed by atoms with van der Waals surface area (Å²) in [7, 11) is 0. The summed E-state index contributed by atoms with van der Waals surface area (Å²) >= 11 is 12.6. The largest absolute Gasteiger partial charge is 0.465 e. The maximum absolute atomic E-state index is 13.1. The summed E-state index contributed by atoms with van der Waals surface area (Å²) in [6.07, 6.45) is -10.00. The van der Waals surface area contributed by atoms with E-state index in [1.165, 1.54) is 6.26 Å². The highest BCUT2D eigenvalue weighted by Gasteiger charge is 2.37. The molecule has 0 radical (unpaired) electrons. The van der Waals surface area contributed by atoms with Gasteiger partial charge in [0.05, 0.1) is 21.0 Å². The van der Waals surface area contributed by atoms with Gasteiger partial charge in [0.2, 0.25) is 5.82 Å². The Morgan fingerprint density at radius 1 is 1.10 bits per heavy atom. The molecule has 0 saturated heterocycles. The van der Waals surface area contributed by atoms with E-state index >= 15 is 0 Å². The van der Waals surface area contributed by atoms with Crippen LogP contribution in [0, 0.1) is 0 Å². The van der Waals surface area contributed by atoms with E-state index in [1.54, 1.807) is 0 Å². The Bertz CT molecular complexity index is 1170. The van der Waals surface area contributed by atoms with Crippen LogP contribution in [0.25, 0.3) is 16.7 Å². The van der Waals surface area contributed by atoms with Crippen molar-refractivity contribution in [3.63, 3.8) is 0 Å². The number of halogens is 8. The monoisotopic (exact) mass is 505 g/mol. The Morgan fingerprint density at radius 2 is 1.68 bits per heavy atom. The highest BCUT2D eigenvalue weighted by Crippen LogP contribution is 2.41. The molecule has 1 amide bonds. The molecule has 3 rings (SSSR count). The summed E-state index contributed by atoms with van der Waals surface area (Å²) in [6, 6.07) is 1.03. The number of nitrogens with zero attached hydrogens (tertiary/aromatic N) is 4. The predicted octanol–water partition coefficient (Wildman–Crippen LogP) is 5.97. The predicted molar refractivity (Wildman–Crippen MR) is 100 cm³/mol. The Hall–Kier alpha value is -2.45. The van der Waals surface area contributed by atoms with E-state index in [4.69, 9.17) is 28.3 Å². The van der Waals surface area contributed by atoms with Crippen LogP contribution in [0.15, 0.2) is 17.2 Å². The van der Waals surface area contributed by atoms with E-state index < -0.39 is 57.0 Å². The molecular weight excluding hydrogens is 499 g/mol. The topological polar surface area (TPSA) is 92.9 Å². The number of nitrogens with one attached hydrogen (secondary N) is 1. The normalized spacial score (nSPS) is 12.4. The molecule has 7 nitrogen and oxygen atoms in total. The molecule has 2 heterocycles. The summed E-state index contributed by atoms with van der Waals surface area (Å²) in [6.45, 7) is 0. The summed E-state index contributed by atoms with van der Waals surface area (Å²) in [4.78, 5) is 18.0. The van der Waals surface area contributed by atoms with Gasteiger partial charge in [-0.3, -0.25) is 5.32 Å². The molecule has 0 aliphatic carbocycles. The number of carbonyl (C=O) groups is 1. The van der Waals surface area contributed by atoms with E-state index in [9.17, 15) is 31.1 Å². The van der Waals surface area contributed by atoms with E-state index in [2.05, 4.69) is 15.1 Å². The van der Waals surface area contributed by atoms with Gasteiger partial charge in [-0.15, -0.1) is 16.9 Å². The first-order chi connectivity index (χ1) is 14.2. The molecule has 16 heteroatoms. The summed E-state index contributed by atoms with van der Waals surface area (Å²) < 4.78 is 79.0. The molecule has 0 unspecified atom stereocenters. The molecule has 31 heavy (non-hydrogen) atoms. The first-order valence-electron chi connectivity index (χ1n) is 7.72. The van der Waals surface area contributed by atoms with E-state index in [0.717, 1.165) is 11.8 Å². The number of rotatable bonds is 3. The fourth-order valence-electron chi connectivity index (χ4n) is 2.54. The Morgan fingerprint density at radius 3 is 2.13 bits per heavy atom. The molecule has 3 aromatic rings. The van der Waals surface area contributed by atoms with Gasteiger partial charge in [-0.2, -0.15) is 26.3 Å². The lowest BCUT2D eigenvalue weighted by molar-refractivity contribution is -0.145. The van der Waals surface area contributed by atoms with E-state index in [-0.39, 0.29) is 10.4 Å². The molecule has 0 fully saturated rings. The van der Waals surface area contributed by atoms with Crippen LogP contribution in [0.4, 0.5) is 37.0 Å². The zero-order valence-corrected chi connectivity index (χ0v) is 17.1. The fraction of sp³-hybridized carbons (Fsp3) is 0.200. The van der Waals surface area contributed by atoms with Crippen LogP contribution in [0.1, 0.15) is 11.4 Å². The molecule has 2 N–H and O–H groups in total. The van der Waals surface area contributed by atoms with Crippen LogP contribution in [0.2, 0.25) is 10.0 Å². The SMILES string of the molecule is CSc1nc(C(F)(F)F)nc2nn(-c3c(Cl)cc(C(F)(F)F)cc3Cl)c(NC(=O)O)c12. The number of amides is 1. The maximum atomic E-state index is 13.1. The molecule has 0 atom stereocenters. The van der Waals surface area contributed by atoms with Crippen molar-refractivity contribution in [2.24, 2.45) is 0 Å². The summed E-state index contributed by atoms with van der Waals surface area (Å²) in [5.74, 6) is -2.00. The number of fused-ring (bicyclic) bond motifs is 1. The van der Waals surface area contributed by atoms with Gasteiger partial charge in [0.25, 0.3) is 0 Å². The number of thioether (sulfide) groups is 1. The van der Waals surface area contributed by atoms with Gasteiger partial charge in [-0.25, -0.2) is 19.4 Å². The van der Waals surface area contributed by atoms with Crippen LogP contribution in [0.5, 0.6) is 0 Å². The zero-order valence-electron chi connectivity index (χ0n) is 14.7. The van der Waals surface area contributed by atoms with E-state index in [0.29, 0.717) is 16.8 Å². The van der Waals surface area contributed by atoms with Gasteiger partial charge in [-0.1, -0.05) is 23.2 Å². The van der Waals surface area contributed by atoms with Crippen molar-refractivity contribution in [3.8, 4) is 5.69 Å². The average molecular weight is 506 g/mol. The lowest BCUT2D eigenvalue weighted by Crippen LogP contribution is -2.14. The molecule has 0 saturated carbocycles. The first kappa shape index (κ1) is 23.2. The number of carboxylic acid groups (broad SMARTS) is 1. The van der Waals surface area contributed by atoms with Crippen LogP contribution in [-0.2, 0) is 12.4 Å². The third kappa shape index (κ3) is 4.45. The van der Waals surface area contributed by atoms with Gasteiger partial charge in [-0.05, 0) is 18.4 Å². The van der Waals surface area contributed by atoms with Crippen molar-refractivity contribution in [2.45, 2.75) is 17.4 Å². The number of hydrogen-bond acceptors (Lipinski definition) is 5. The molecular formula is C15H7Cl2F6N5O2S. The third-order valence-corrected chi connectivity index (χ3v) is 4.99. The van der Waals surface area contributed by atoms with Gasteiger partial charge in [0, 0.05) is 0 Å². The highest BCUT2D eigenvalue weighted by molar-refractivity contribution is 7.98. The van der Waals surface area contributed by atoms with Gasteiger partial charge in [0.15, 0.2) is 11.5 Å². The minimum absolute atomic E-state index is 0.227. The van der Waals surface area contributed by atoms with Crippen LogP contribution in [-0.4, -0.2) is 37.2 Å². The van der Waals surface area contributed by atoms with Crippen LogP contribution in [0.3, 0.4) is 0 Å². The smallest absolute Gasteiger partial charge is 0.451 e. The van der Waals surface area contributed by atoms with Gasteiger partial charge < -0.3 is 5.11 Å². The lowest BCUT2D eigenvalue weighted by Gasteiger charge is -2.14. The molecule has 0 bridgehead atoms. The summed E-state index contributed by atoms with van der Waals surface area (Å²) in [5.41, 5.74) is -2.18. The second kappa shape index (κ2) is 7.91. The Kier molecular flexibility index (Phi) is 5.92. The average Bonchev–Trinajstić information content (AvgIpc) is 2.96. The standard InChI is InChI=1S/C15H7Cl2F6N5O2S/c1-31-11-7-9(24-12(26-11)15(21,22)23)27-28(10(7)25-13(29)30)8-5(16)2-4(3-6(8)17)14(18,19)20/h2-3,25H,1H3,(H,29,30). The molecule has 0 aliphatic heterocycles. The van der Waals surface area contributed by atoms with Crippen molar-refractivity contribution >= 4 is 57.9 Å². The van der Waals surface area contributed by atoms with Gasteiger partial charge >= 0.3 is 18.4 Å². The molecule has 1 aromatic carbocycles. The quantitative estimate of drug-likeness (QED) is 0.258. The number of benzene rings is 1. The third-order valence-electron chi connectivity index (χ3n) is 3.73. The van der Waals surface area contributed by atoms with Crippen LogP contribution >= 0.6 is 35.0 Å². The second-order valence-corrected chi connectivity index (χ2v) is 7.34. The zero-order chi connectivity index (χ0) is 23.3. The highest BCUT2D eigenvalue weighted by atomic mass is 35.5. The fourth-order valence-corrected chi connectivity index (χ4v) is 3.76. The molecule has 0 spiro atoms. The number of hydrogen-bond donors (Lipinski definition) is 2. The molecule has 2 aromatic heterocycles. The lowest BCUT2D eigenvalue weighted by atomic mass is 10.2. The number of alkyl halides is 6. The van der Waals surface area contributed by atoms with Crippen LogP contribution < -0.4 is 5.32 Å². The van der Waals surface area contributed by atoms with E-state index in [1.807, 2.05) is 5.32 Å². The van der Waals surface area contributed by atoms with Gasteiger partial charge in [0.1, 0.15) is 10.7 Å². The number of aromatic nitrogens is 4. The minimum Gasteiger partial charge on any atom is -0.465 e. The number of anilines is 1. The van der Waals surface area contributed by atoms with Crippen molar-refractivity contribution in [2.75, 3.05) is 11.6 Å².